The molecule has 0 aromatic carbocycles. The van der Waals surface area contributed by atoms with Crippen molar-refractivity contribution in [1.29, 1.82) is 0 Å². The fourth-order valence-electron chi connectivity index (χ4n) is 1.59. The van der Waals surface area contributed by atoms with E-state index >= 15 is 0 Å². The van der Waals surface area contributed by atoms with Gasteiger partial charge < -0.3 is 5.32 Å². The fourth-order valence-corrected chi connectivity index (χ4v) is 2.19. The molecule has 2 aromatic heterocycles. The van der Waals surface area contributed by atoms with Crippen molar-refractivity contribution in [2.45, 2.75) is 39.9 Å². The molecule has 0 aliphatic heterocycles. The number of hydrogen-bond donors (Lipinski definition) is 1. The second-order valence-corrected chi connectivity index (χ2v) is 5.35. The zero-order chi connectivity index (χ0) is 12.3. The molecule has 0 atom stereocenters. The van der Waals surface area contributed by atoms with E-state index in [2.05, 4.69) is 36.2 Å². The average molecular weight is 250 g/mol. The zero-order valence-electron chi connectivity index (χ0n) is 10.5. The van der Waals surface area contributed by atoms with Crippen LogP contribution in [0.2, 0.25) is 0 Å². The third-order valence-corrected chi connectivity index (χ3v) is 3.44. The molecule has 0 bridgehead atoms. The van der Waals surface area contributed by atoms with Crippen molar-refractivity contribution in [2.24, 2.45) is 0 Å². The maximum absolute atomic E-state index is 4.41. The number of nitrogens with one attached hydrogen (secondary N) is 1. The lowest BCUT2D eigenvalue weighted by Crippen LogP contribution is -2.22. The molecule has 17 heavy (non-hydrogen) atoms. The standard InChI is InChI=1S/C12H18N4S/c1-9(2)14-6-11-7-15-16(10(11)3)8-12-13-4-5-17-12/h4-5,7,9,14H,6,8H2,1-3H3. The van der Waals surface area contributed by atoms with E-state index in [1.54, 1.807) is 11.3 Å². The van der Waals surface area contributed by atoms with E-state index in [4.69, 9.17) is 0 Å². The maximum atomic E-state index is 4.41. The molecule has 0 amide bonds. The highest BCUT2D eigenvalue weighted by Gasteiger charge is 2.07. The van der Waals surface area contributed by atoms with Gasteiger partial charge >= 0.3 is 0 Å². The van der Waals surface area contributed by atoms with E-state index < -0.39 is 0 Å². The molecule has 0 fully saturated rings. The van der Waals surface area contributed by atoms with Crippen molar-refractivity contribution < 1.29 is 0 Å². The van der Waals surface area contributed by atoms with E-state index in [9.17, 15) is 0 Å². The quantitative estimate of drug-likeness (QED) is 0.884. The summed E-state index contributed by atoms with van der Waals surface area (Å²) in [5, 5.41) is 10.9. The molecule has 5 heteroatoms. The molecule has 2 rings (SSSR count). The number of aromatic nitrogens is 3. The van der Waals surface area contributed by atoms with Crippen molar-refractivity contribution in [3.8, 4) is 0 Å². The summed E-state index contributed by atoms with van der Waals surface area (Å²) in [6.07, 6.45) is 3.78. The summed E-state index contributed by atoms with van der Waals surface area (Å²) < 4.78 is 2.01. The predicted molar refractivity (Wildman–Crippen MR) is 70.2 cm³/mol. The highest BCUT2D eigenvalue weighted by molar-refractivity contribution is 7.09. The molecule has 92 valence electrons. The Morgan fingerprint density at radius 1 is 1.47 bits per heavy atom. The minimum absolute atomic E-state index is 0.497. The highest BCUT2D eigenvalue weighted by Crippen LogP contribution is 2.11. The molecule has 2 heterocycles. The third-order valence-electron chi connectivity index (χ3n) is 2.67. The summed E-state index contributed by atoms with van der Waals surface area (Å²) in [5.74, 6) is 0. The minimum Gasteiger partial charge on any atom is -0.310 e. The highest BCUT2D eigenvalue weighted by atomic mass is 32.1. The smallest absolute Gasteiger partial charge is 0.114 e. The average Bonchev–Trinajstić information content (AvgIpc) is 2.89. The van der Waals surface area contributed by atoms with Gasteiger partial charge in [-0.3, -0.25) is 4.68 Å². The number of thiazole rings is 1. The molecular weight excluding hydrogens is 232 g/mol. The minimum atomic E-state index is 0.497. The maximum Gasteiger partial charge on any atom is 0.114 e. The normalized spacial score (nSPS) is 11.3. The Morgan fingerprint density at radius 3 is 2.94 bits per heavy atom. The second kappa shape index (κ2) is 5.42. The lowest BCUT2D eigenvalue weighted by molar-refractivity contribution is 0.585. The van der Waals surface area contributed by atoms with Crippen molar-refractivity contribution >= 4 is 11.3 Å². The van der Waals surface area contributed by atoms with Gasteiger partial charge in [-0.2, -0.15) is 5.10 Å². The molecule has 2 aromatic rings. The van der Waals surface area contributed by atoms with E-state index in [1.165, 1.54) is 11.3 Å². The second-order valence-electron chi connectivity index (χ2n) is 4.37. The van der Waals surface area contributed by atoms with Crippen LogP contribution < -0.4 is 5.32 Å². The Morgan fingerprint density at radius 2 is 2.29 bits per heavy atom. The van der Waals surface area contributed by atoms with Crippen LogP contribution in [0.4, 0.5) is 0 Å². The van der Waals surface area contributed by atoms with Gasteiger partial charge in [0, 0.05) is 35.4 Å². The van der Waals surface area contributed by atoms with Crippen LogP contribution in [-0.4, -0.2) is 20.8 Å². The topological polar surface area (TPSA) is 42.7 Å². The van der Waals surface area contributed by atoms with Crippen LogP contribution in [0.1, 0.15) is 30.1 Å². The largest absolute Gasteiger partial charge is 0.310 e. The molecule has 0 saturated heterocycles. The van der Waals surface area contributed by atoms with Crippen molar-refractivity contribution in [1.82, 2.24) is 20.1 Å². The first-order valence-electron chi connectivity index (χ1n) is 5.80. The van der Waals surface area contributed by atoms with Crippen molar-refractivity contribution in [2.75, 3.05) is 0 Å². The van der Waals surface area contributed by atoms with E-state index in [1.807, 2.05) is 22.5 Å². The molecule has 0 saturated carbocycles. The van der Waals surface area contributed by atoms with Crippen LogP contribution in [0.3, 0.4) is 0 Å². The number of nitrogens with zero attached hydrogens (tertiary/aromatic N) is 3. The van der Waals surface area contributed by atoms with E-state index in [0.717, 1.165) is 18.1 Å². The first-order chi connectivity index (χ1) is 8.16. The van der Waals surface area contributed by atoms with E-state index in [-0.39, 0.29) is 0 Å². The first kappa shape index (κ1) is 12.3. The zero-order valence-corrected chi connectivity index (χ0v) is 11.3. The Labute approximate surface area is 106 Å². The summed E-state index contributed by atoms with van der Waals surface area (Å²) in [4.78, 5) is 4.28. The van der Waals surface area contributed by atoms with Gasteiger partial charge in [0.2, 0.25) is 0 Å². The predicted octanol–water partition coefficient (Wildman–Crippen LogP) is 2.19. The Bertz CT molecular complexity index is 459. The van der Waals surface area contributed by atoms with Gasteiger partial charge in [-0.15, -0.1) is 11.3 Å². The van der Waals surface area contributed by atoms with Crippen LogP contribution >= 0.6 is 11.3 Å². The molecule has 0 spiro atoms. The molecule has 4 nitrogen and oxygen atoms in total. The van der Waals surface area contributed by atoms with Gasteiger partial charge in [-0.1, -0.05) is 13.8 Å². The molecule has 0 aliphatic rings. The van der Waals surface area contributed by atoms with Crippen LogP contribution in [0.15, 0.2) is 17.8 Å². The van der Waals surface area contributed by atoms with Gasteiger partial charge in [-0.05, 0) is 6.92 Å². The summed E-state index contributed by atoms with van der Waals surface area (Å²) in [6.45, 7) is 8.05. The first-order valence-corrected chi connectivity index (χ1v) is 6.68. The number of hydrogen-bond acceptors (Lipinski definition) is 4. The summed E-state index contributed by atoms with van der Waals surface area (Å²) in [7, 11) is 0. The fraction of sp³-hybridized carbons (Fsp3) is 0.500. The van der Waals surface area contributed by atoms with Crippen molar-refractivity contribution in [3.63, 3.8) is 0 Å². The lowest BCUT2D eigenvalue weighted by Gasteiger charge is -2.07. The van der Waals surface area contributed by atoms with Gasteiger partial charge in [0.15, 0.2) is 0 Å². The third kappa shape index (κ3) is 3.14. The molecule has 0 aliphatic carbocycles. The van der Waals surface area contributed by atoms with E-state index in [0.29, 0.717) is 6.04 Å². The van der Waals surface area contributed by atoms with Crippen molar-refractivity contribution in [3.05, 3.63) is 34.0 Å². The Hall–Kier alpha value is -1.20. The van der Waals surface area contributed by atoms with Crippen LogP contribution in [0.5, 0.6) is 0 Å². The summed E-state index contributed by atoms with van der Waals surface area (Å²) in [6, 6.07) is 0.497. The molecule has 0 radical (unpaired) electrons. The van der Waals surface area contributed by atoms with Gasteiger partial charge in [0.25, 0.3) is 0 Å². The SMILES string of the molecule is Cc1c(CNC(C)C)cnn1Cc1nccs1. The molecular formula is C12H18N4S. The van der Waals surface area contributed by atoms with Gasteiger partial charge in [0.1, 0.15) is 5.01 Å². The lowest BCUT2D eigenvalue weighted by atomic mass is 10.2. The monoisotopic (exact) mass is 250 g/mol. The Kier molecular flexibility index (Phi) is 3.91. The van der Waals surface area contributed by atoms with Crippen LogP contribution in [-0.2, 0) is 13.1 Å². The molecule has 0 unspecified atom stereocenters. The summed E-state index contributed by atoms with van der Waals surface area (Å²) >= 11 is 1.67. The van der Waals surface area contributed by atoms with Gasteiger partial charge in [-0.25, -0.2) is 4.98 Å². The molecule has 1 N–H and O–H groups in total. The van der Waals surface area contributed by atoms with Crippen LogP contribution in [0.25, 0.3) is 0 Å². The van der Waals surface area contributed by atoms with Crippen LogP contribution in [0, 0.1) is 6.92 Å². The Balaban J connectivity index is 2.04. The summed E-state index contributed by atoms with van der Waals surface area (Å²) in [5.41, 5.74) is 2.48. The number of rotatable bonds is 5. The van der Waals surface area contributed by atoms with Gasteiger partial charge in [0.05, 0.1) is 12.7 Å².